The van der Waals surface area contributed by atoms with Gasteiger partial charge in [0.2, 0.25) is 0 Å². The normalized spacial score (nSPS) is 17.3. The van der Waals surface area contributed by atoms with Crippen molar-refractivity contribution in [3.05, 3.63) is 58.5 Å². The lowest BCUT2D eigenvalue weighted by Gasteiger charge is -2.39. The maximum Gasteiger partial charge on any atom is 0.326 e. The number of aromatic nitrogens is 2. The van der Waals surface area contributed by atoms with Crippen LogP contribution in [0.1, 0.15) is 42.1 Å². The van der Waals surface area contributed by atoms with Crippen molar-refractivity contribution in [3.8, 4) is 11.5 Å². The van der Waals surface area contributed by atoms with Crippen molar-refractivity contribution >= 4 is 16.9 Å². The average Bonchev–Trinajstić information content (AvgIpc) is 3.36. The highest BCUT2D eigenvalue weighted by atomic mass is 16.5. The van der Waals surface area contributed by atoms with Gasteiger partial charge in [-0.15, -0.1) is 0 Å². The number of hydrogen-bond acceptors (Lipinski definition) is 4. The van der Waals surface area contributed by atoms with Gasteiger partial charge in [0.15, 0.2) is 0 Å². The predicted molar refractivity (Wildman–Crippen MR) is 113 cm³/mol. The number of carbonyl (C=O) groups excluding carboxylic acids is 1. The van der Waals surface area contributed by atoms with Gasteiger partial charge in [0.25, 0.3) is 5.91 Å². The Bertz CT molecular complexity index is 1140. The molecule has 2 fully saturated rings. The molecule has 156 valence electrons. The molecule has 7 heteroatoms. The van der Waals surface area contributed by atoms with Gasteiger partial charge >= 0.3 is 5.69 Å². The van der Waals surface area contributed by atoms with Gasteiger partial charge in [-0.25, -0.2) is 4.79 Å². The Labute approximate surface area is 174 Å². The molecule has 1 saturated carbocycles. The molecule has 0 bridgehead atoms. The first kappa shape index (κ1) is 18.8. The number of imidazole rings is 1. The molecule has 1 amide bonds. The van der Waals surface area contributed by atoms with Crippen LogP contribution in [0.2, 0.25) is 0 Å². The number of fused-ring (bicyclic) bond motifs is 1. The minimum absolute atomic E-state index is 0.0342. The van der Waals surface area contributed by atoms with Gasteiger partial charge in [-0.3, -0.25) is 9.36 Å². The summed E-state index contributed by atoms with van der Waals surface area (Å²) in [5.41, 5.74) is 2.10. The smallest absolute Gasteiger partial charge is 0.326 e. The second-order valence-corrected chi connectivity index (χ2v) is 8.10. The topological polar surface area (TPSA) is 76.6 Å². The van der Waals surface area contributed by atoms with Crippen LogP contribution < -0.4 is 15.2 Å². The van der Waals surface area contributed by atoms with E-state index in [1.165, 1.54) is 0 Å². The number of carbonyl (C=O) groups is 1. The largest absolute Gasteiger partial charge is 0.497 e. The molecule has 0 atom stereocenters. The maximum atomic E-state index is 12.9. The van der Waals surface area contributed by atoms with Crippen LogP contribution in [0.3, 0.4) is 0 Å². The lowest BCUT2D eigenvalue weighted by molar-refractivity contribution is 0.0177. The highest BCUT2D eigenvalue weighted by Gasteiger charge is 2.33. The molecule has 1 aromatic heterocycles. The number of rotatable bonds is 5. The molecule has 1 N–H and O–H groups in total. The van der Waals surface area contributed by atoms with Crippen molar-refractivity contribution < 1.29 is 14.3 Å². The Morgan fingerprint density at radius 1 is 1.07 bits per heavy atom. The number of aromatic amines is 1. The number of hydrogen-bond donors (Lipinski definition) is 1. The first-order valence-corrected chi connectivity index (χ1v) is 10.5. The first-order chi connectivity index (χ1) is 14.6. The summed E-state index contributed by atoms with van der Waals surface area (Å²) < 4.78 is 13.0. The molecule has 5 rings (SSSR count). The summed E-state index contributed by atoms with van der Waals surface area (Å²) in [7, 11) is 1.62. The second kappa shape index (κ2) is 7.55. The van der Waals surface area contributed by atoms with E-state index in [0.717, 1.165) is 48.2 Å². The number of H-pyrrole nitrogens is 1. The molecular formula is C23H25N3O4. The van der Waals surface area contributed by atoms with Crippen LogP contribution in [0.5, 0.6) is 11.5 Å². The number of likely N-dealkylation sites (tertiary alicyclic amines) is 1. The van der Waals surface area contributed by atoms with Crippen LogP contribution in [0.15, 0.2) is 47.3 Å². The zero-order valence-electron chi connectivity index (χ0n) is 17.0. The highest BCUT2D eigenvalue weighted by molar-refractivity contribution is 5.97. The van der Waals surface area contributed by atoms with Gasteiger partial charge in [-0.1, -0.05) is 18.9 Å². The number of nitrogens with one attached hydrogen (secondary N) is 1. The van der Waals surface area contributed by atoms with Crippen LogP contribution in [0, 0.1) is 0 Å². The highest BCUT2D eigenvalue weighted by Crippen LogP contribution is 2.31. The van der Waals surface area contributed by atoms with Crippen molar-refractivity contribution in [2.24, 2.45) is 0 Å². The molecular weight excluding hydrogens is 382 g/mol. The summed E-state index contributed by atoms with van der Waals surface area (Å²) in [5.74, 6) is 1.43. The van der Waals surface area contributed by atoms with E-state index in [-0.39, 0.29) is 23.7 Å². The van der Waals surface area contributed by atoms with Gasteiger partial charge in [0.05, 0.1) is 31.2 Å². The number of nitrogens with zero attached hydrogens (tertiary/aromatic N) is 2. The third-order valence-electron chi connectivity index (χ3n) is 6.13. The van der Waals surface area contributed by atoms with Crippen molar-refractivity contribution in [3.63, 3.8) is 0 Å². The van der Waals surface area contributed by atoms with E-state index in [4.69, 9.17) is 9.47 Å². The Morgan fingerprint density at radius 3 is 2.60 bits per heavy atom. The fourth-order valence-corrected chi connectivity index (χ4v) is 4.52. The Morgan fingerprint density at radius 2 is 1.83 bits per heavy atom. The van der Waals surface area contributed by atoms with Crippen LogP contribution in [-0.4, -0.2) is 46.7 Å². The number of amides is 1. The standard InChI is InChI=1S/C23H25N3O4/c1-29-17-7-4-8-18(12-17)30-19-13-25(14-19)22(27)15-9-10-21-20(11-15)24-23(28)26(21)16-5-2-3-6-16/h4,7-12,16,19H,2-3,5-6,13-14H2,1H3,(H,24,28). The lowest BCUT2D eigenvalue weighted by Crippen LogP contribution is -2.56. The maximum absolute atomic E-state index is 12.9. The molecule has 2 heterocycles. The van der Waals surface area contributed by atoms with Gasteiger partial charge < -0.3 is 19.4 Å². The predicted octanol–water partition coefficient (Wildman–Crippen LogP) is 3.36. The third kappa shape index (κ3) is 3.34. The van der Waals surface area contributed by atoms with Crippen molar-refractivity contribution in [1.82, 2.24) is 14.5 Å². The molecule has 1 saturated heterocycles. The quantitative estimate of drug-likeness (QED) is 0.704. The number of ether oxygens (including phenoxy) is 2. The van der Waals surface area contributed by atoms with Crippen LogP contribution >= 0.6 is 0 Å². The SMILES string of the molecule is COc1cccc(OC2CN(C(=O)c3ccc4c(c3)[nH]c(=O)n4C3CCCC3)C2)c1. The average molecular weight is 407 g/mol. The molecule has 1 aliphatic heterocycles. The van der Waals surface area contributed by atoms with Crippen LogP contribution in [0.25, 0.3) is 11.0 Å². The zero-order chi connectivity index (χ0) is 20.7. The van der Waals surface area contributed by atoms with Crippen LogP contribution in [0.4, 0.5) is 0 Å². The summed E-state index contributed by atoms with van der Waals surface area (Å²) >= 11 is 0. The summed E-state index contributed by atoms with van der Waals surface area (Å²) in [5, 5.41) is 0. The Kier molecular flexibility index (Phi) is 4.73. The lowest BCUT2D eigenvalue weighted by atomic mass is 10.1. The van der Waals surface area contributed by atoms with Gasteiger partial charge in [0.1, 0.15) is 17.6 Å². The third-order valence-corrected chi connectivity index (χ3v) is 6.13. The molecule has 2 aliphatic rings. The van der Waals surface area contributed by atoms with E-state index < -0.39 is 0 Å². The van der Waals surface area contributed by atoms with Gasteiger partial charge in [-0.05, 0) is 43.2 Å². The molecule has 0 radical (unpaired) electrons. The molecule has 1 aliphatic carbocycles. The molecule has 3 aromatic rings. The van der Waals surface area contributed by atoms with Gasteiger partial charge in [-0.2, -0.15) is 0 Å². The Balaban J connectivity index is 1.27. The second-order valence-electron chi connectivity index (χ2n) is 8.10. The van der Waals surface area contributed by atoms with Crippen LogP contribution in [-0.2, 0) is 0 Å². The molecule has 7 nitrogen and oxygen atoms in total. The molecule has 2 aromatic carbocycles. The van der Waals surface area contributed by atoms with Crippen molar-refractivity contribution in [2.45, 2.75) is 37.8 Å². The fraction of sp³-hybridized carbons (Fsp3) is 0.391. The van der Waals surface area contributed by atoms with E-state index in [0.29, 0.717) is 18.7 Å². The van der Waals surface area contributed by atoms with Crippen molar-refractivity contribution in [1.29, 1.82) is 0 Å². The van der Waals surface area contributed by atoms with E-state index in [2.05, 4.69) is 4.98 Å². The van der Waals surface area contributed by atoms with E-state index in [9.17, 15) is 9.59 Å². The fourth-order valence-electron chi connectivity index (χ4n) is 4.52. The van der Waals surface area contributed by atoms with E-state index in [1.807, 2.05) is 41.0 Å². The van der Waals surface area contributed by atoms with E-state index in [1.54, 1.807) is 18.1 Å². The van der Waals surface area contributed by atoms with Gasteiger partial charge in [0, 0.05) is 17.7 Å². The van der Waals surface area contributed by atoms with Crippen molar-refractivity contribution in [2.75, 3.05) is 20.2 Å². The van der Waals surface area contributed by atoms with E-state index >= 15 is 0 Å². The number of benzene rings is 2. The summed E-state index contributed by atoms with van der Waals surface area (Å²) in [4.78, 5) is 30.0. The minimum Gasteiger partial charge on any atom is -0.497 e. The molecule has 0 spiro atoms. The zero-order valence-corrected chi connectivity index (χ0v) is 17.0. The summed E-state index contributed by atoms with van der Waals surface area (Å²) in [6.45, 7) is 1.07. The summed E-state index contributed by atoms with van der Waals surface area (Å²) in [6, 6.07) is 13.2. The summed E-state index contributed by atoms with van der Waals surface area (Å²) in [6.07, 6.45) is 4.36. The first-order valence-electron chi connectivity index (χ1n) is 10.5. The number of methoxy groups -OCH3 is 1. The molecule has 30 heavy (non-hydrogen) atoms. The minimum atomic E-state index is -0.0859. The Hall–Kier alpha value is -3.22. The molecule has 0 unspecified atom stereocenters. The monoisotopic (exact) mass is 407 g/mol.